The molecule has 4 nitrogen and oxygen atoms in total. The quantitative estimate of drug-likeness (QED) is 0.832. The summed E-state index contributed by atoms with van der Waals surface area (Å²) in [5.74, 6) is 0.908. The van der Waals surface area contributed by atoms with Crippen molar-refractivity contribution in [2.24, 2.45) is 5.92 Å². The molecule has 1 spiro atoms. The Morgan fingerprint density at radius 2 is 1.95 bits per heavy atom. The number of hydrogen-bond acceptors (Lipinski definition) is 3. The van der Waals surface area contributed by atoms with Crippen LogP contribution in [0.4, 0.5) is 0 Å². The van der Waals surface area contributed by atoms with Gasteiger partial charge >= 0.3 is 0 Å². The molecule has 1 saturated carbocycles. The van der Waals surface area contributed by atoms with Crippen LogP contribution in [0.15, 0.2) is 0 Å². The van der Waals surface area contributed by atoms with E-state index in [2.05, 4.69) is 29.0 Å². The molecule has 4 rings (SSSR count). The molecule has 3 atom stereocenters. The largest absolute Gasteiger partial charge is 0.321 e. The summed E-state index contributed by atoms with van der Waals surface area (Å²) in [5, 5.41) is 3.67. The summed E-state index contributed by atoms with van der Waals surface area (Å²) >= 11 is 0. The molecule has 0 bridgehead atoms. The maximum atomic E-state index is 12.9. The summed E-state index contributed by atoms with van der Waals surface area (Å²) in [4.78, 5) is 17.8. The zero-order valence-corrected chi connectivity index (χ0v) is 12.8. The average Bonchev–Trinajstić information content (AvgIpc) is 3.01. The smallest absolute Gasteiger partial charge is 0.244 e. The third-order valence-electron chi connectivity index (χ3n) is 5.93. The molecule has 20 heavy (non-hydrogen) atoms. The SMILES string of the molecule is CC(C)C1NC2(CC2)C(=O)N1C1CCN2CCCCC12. The average molecular weight is 277 g/mol. The number of carbonyl (C=O) groups is 1. The van der Waals surface area contributed by atoms with E-state index < -0.39 is 0 Å². The molecule has 1 aliphatic carbocycles. The van der Waals surface area contributed by atoms with Gasteiger partial charge in [-0.3, -0.25) is 15.0 Å². The second-order valence-electron chi connectivity index (χ2n) is 7.58. The maximum absolute atomic E-state index is 12.9. The van der Waals surface area contributed by atoms with Gasteiger partial charge in [-0.1, -0.05) is 20.3 Å². The summed E-state index contributed by atoms with van der Waals surface area (Å²) in [6, 6.07) is 1.09. The molecule has 0 aromatic heterocycles. The fraction of sp³-hybridized carbons (Fsp3) is 0.938. The first-order valence-electron chi connectivity index (χ1n) is 8.47. The minimum Gasteiger partial charge on any atom is -0.321 e. The van der Waals surface area contributed by atoms with Gasteiger partial charge in [0, 0.05) is 12.6 Å². The van der Waals surface area contributed by atoms with Crippen LogP contribution in [0.25, 0.3) is 0 Å². The molecule has 112 valence electrons. The highest BCUT2D eigenvalue weighted by atomic mass is 16.2. The Bertz CT molecular complexity index is 418. The van der Waals surface area contributed by atoms with Crippen molar-refractivity contribution in [1.82, 2.24) is 15.1 Å². The molecule has 0 aromatic carbocycles. The van der Waals surface area contributed by atoms with Crippen LogP contribution < -0.4 is 5.32 Å². The maximum Gasteiger partial charge on any atom is 0.244 e. The fourth-order valence-electron chi connectivity index (χ4n) is 4.66. The van der Waals surface area contributed by atoms with E-state index in [4.69, 9.17) is 0 Å². The monoisotopic (exact) mass is 277 g/mol. The number of nitrogens with one attached hydrogen (secondary N) is 1. The van der Waals surface area contributed by atoms with Crippen molar-refractivity contribution in [3.63, 3.8) is 0 Å². The van der Waals surface area contributed by atoms with Crippen molar-refractivity contribution in [3.05, 3.63) is 0 Å². The van der Waals surface area contributed by atoms with Gasteiger partial charge < -0.3 is 4.90 Å². The molecular weight excluding hydrogens is 250 g/mol. The van der Waals surface area contributed by atoms with Crippen LogP contribution in [0.3, 0.4) is 0 Å². The Hall–Kier alpha value is -0.610. The van der Waals surface area contributed by atoms with Crippen LogP contribution in [-0.2, 0) is 4.79 Å². The molecule has 0 radical (unpaired) electrons. The summed E-state index contributed by atoms with van der Waals surface area (Å²) in [7, 11) is 0. The summed E-state index contributed by atoms with van der Waals surface area (Å²) in [6.45, 7) is 6.92. The van der Waals surface area contributed by atoms with Crippen LogP contribution in [0.1, 0.15) is 52.4 Å². The summed E-state index contributed by atoms with van der Waals surface area (Å²) in [6.07, 6.45) is 7.50. The van der Waals surface area contributed by atoms with E-state index in [1.54, 1.807) is 0 Å². The van der Waals surface area contributed by atoms with E-state index in [1.165, 1.54) is 38.8 Å². The van der Waals surface area contributed by atoms with Crippen molar-refractivity contribution in [3.8, 4) is 0 Å². The fourth-order valence-corrected chi connectivity index (χ4v) is 4.66. The lowest BCUT2D eigenvalue weighted by Gasteiger charge is -2.39. The topological polar surface area (TPSA) is 35.6 Å². The van der Waals surface area contributed by atoms with Gasteiger partial charge in [-0.15, -0.1) is 0 Å². The van der Waals surface area contributed by atoms with E-state index in [-0.39, 0.29) is 11.7 Å². The van der Waals surface area contributed by atoms with Gasteiger partial charge in [-0.25, -0.2) is 0 Å². The predicted octanol–water partition coefficient (Wildman–Crippen LogP) is 1.56. The molecule has 3 saturated heterocycles. The molecule has 4 heteroatoms. The number of carbonyl (C=O) groups excluding carboxylic acids is 1. The van der Waals surface area contributed by atoms with Crippen LogP contribution in [-0.4, -0.2) is 52.6 Å². The van der Waals surface area contributed by atoms with Crippen molar-refractivity contribution in [1.29, 1.82) is 0 Å². The van der Waals surface area contributed by atoms with E-state index in [9.17, 15) is 4.79 Å². The minimum atomic E-state index is -0.156. The Balaban J connectivity index is 1.60. The third kappa shape index (κ3) is 1.77. The highest BCUT2D eigenvalue weighted by Gasteiger charge is 2.62. The van der Waals surface area contributed by atoms with Crippen LogP contribution in [0.5, 0.6) is 0 Å². The van der Waals surface area contributed by atoms with Crippen molar-refractivity contribution >= 4 is 5.91 Å². The second kappa shape index (κ2) is 4.44. The van der Waals surface area contributed by atoms with Crippen molar-refractivity contribution < 1.29 is 4.79 Å². The standard InChI is InChI=1S/C16H27N3O/c1-11(2)14-17-16(7-8-16)15(20)19(14)13-6-10-18-9-4-3-5-12(13)18/h11-14,17H,3-10H2,1-2H3. The number of nitrogens with zero attached hydrogens (tertiary/aromatic N) is 2. The van der Waals surface area contributed by atoms with Gasteiger partial charge in [0.1, 0.15) is 0 Å². The highest BCUT2D eigenvalue weighted by Crippen LogP contribution is 2.46. The van der Waals surface area contributed by atoms with Gasteiger partial charge in [0.15, 0.2) is 0 Å². The molecule has 3 aliphatic heterocycles. The van der Waals surface area contributed by atoms with E-state index >= 15 is 0 Å². The number of piperidine rings is 1. The zero-order chi connectivity index (χ0) is 13.9. The second-order valence-corrected chi connectivity index (χ2v) is 7.58. The predicted molar refractivity (Wildman–Crippen MR) is 78.2 cm³/mol. The lowest BCUT2D eigenvalue weighted by Crippen LogP contribution is -2.53. The van der Waals surface area contributed by atoms with E-state index in [0.717, 1.165) is 12.8 Å². The first kappa shape index (κ1) is 13.1. The van der Waals surface area contributed by atoms with Crippen LogP contribution in [0.2, 0.25) is 0 Å². The van der Waals surface area contributed by atoms with Crippen LogP contribution in [0, 0.1) is 5.92 Å². The lowest BCUT2D eigenvalue weighted by molar-refractivity contribution is -0.134. The number of fused-ring (bicyclic) bond motifs is 1. The van der Waals surface area contributed by atoms with Gasteiger partial charge in [-0.2, -0.15) is 0 Å². The molecular formula is C16H27N3O. The minimum absolute atomic E-state index is 0.156. The first-order valence-corrected chi connectivity index (χ1v) is 8.47. The summed E-state index contributed by atoms with van der Waals surface area (Å²) < 4.78 is 0. The Morgan fingerprint density at radius 1 is 1.15 bits per heavy atom. The molecule has 3 heterocycles. The van der Waals surface area contributed by atoms with E-state index in [1.807, 2.05) is 0 Å². The van der Waals surface area contributed by atoms with Crippen molar-refractivity contribution in [2.45, 2.75) is 76.2 Å². The first-order chi connectivity index (χ1) is 9.62. The van der Waals surface area contributed by atoms with Crippen molar-refractivity contribution in [2.75, 3.05) is 13.1 Å². The molecule has 3 unspecified atom stereocenters. The number of hydrogen-bond donors (Lipinski definition) is 1. The van der Waals surface area contributed by atoms with Gasteiger partial charge in [0.05, 0.1) is 17.7 Å². The van der Waals surface area contributed by atoms with Gasteiger partial charge in [-0.05, 0) is 44.6 Å². The lowest BCUT2D eigenvalue weighted by atomic mass is 9.96. The normalized spacial score (nSPS) is 39.9. The Labute approximate surface area is 121 Å². The Kier molecular flexibility index (Phi) is 2.90. The molecule has 4 aliphatic rings. The highest BCUT2D eigenvalue weighted by molar-refractivity contribution is 5.92. The number of amides is 1. The molecule has 0 aromatic rings. The Morgan fingerprint density at radius 3 is 2.65 bits per heavy atom. The molecule has 1 N–H and O–H groups in total. The van der Waals surface area contributed by atoms with Gasteiger partial charge in [0.2, 0.25) is 5.91 Å². The molecule has 4 fully saturated rings. The van der Waals surface area contributed by atoms with E-state index in [0.29, 0.717) is 23.9 Å². The van der Waals surface area contributed by atoms with Gasteiger partial charge in [0.25, 0.3) is 0 Å². The van der Waals surface area contributed by atoms with Crippen LogP contribution >= 0.6 is 0 Å². The zero-order valence-electron chi connectivity index (χ0n) is 12.8. The third-order valence-corrected chi connectivity index (χ3v) is 5.93. The number of rotatable bonds is 2. The molecule has 1 amide bonds. The summed E-state index contributed by atoms with van der Waals surface area (Å²) in [5.41, 5.74) is -0.156.